The number of nitrogens with zero attached hydrogens (tertiary/aromatic N) is 1. The minimum atomic E-state index is -0.269. The summed E-state index contributed by atoms with van der Waals surface area (Å²) in [5.41, 5.74) is 7.40. The van der Waals surface area contributed by atoms with Crippen molar-refractivity contribution in [2.75, 3.05) is 18.6 Å². The van der Waals surface area contributed by atoms with Crippen LogP contribution in [0.4, 0.5) is 5.69 Å². The number of carbonyl (C=O) groups is 1. The van der Waals surface area contributed by atoms with Gasteiger partial charge in [-0.15, -0.1) is 11.8 Å². The highest BCUT2D eigenvalue weighted by Gasteiger charge is 2.07. The number of nitrogens with two attached hydrogens (primary N) is 1. The zero-order valence-corrected chi connectivity index (χ0v) is 9.50. The second-order valence-corrected chi connectivity index (χ2v) is 4.23. The van der Waals surface area contributed by atoms with E-state index in [4.69, 9.17) is 5.73 Å². The Labute approximate surface area is 96.3 Å². The first-order valence-corrected chi connectivity index (χ1v) is 5.61. The molecule has 0 aliphatic rings. The third kappa shape index (κ3) is 2.11. The Hall–Kier alpha value is -1.69. The predicted molar refractivity (Wildman–Crippen MR) is 63.2 cm³/mol. The highest BCUT2D eigenvalue weighted by molar-refractivity contribution is 8.00. The number of methoxy groups -OCH3 is 1. The van der Waals surface area contributed by atoms with E-state index in [0.29, 0.717) is 5.69 Å². The van der Waals surface area contributed by atoms with E-state index < -0.39 is 0 Å². The van der Waals surface area contributed by atoms with E-state index in [2.05, 4.69) is 14.9 Å². The largest absolute Gasteiger partial charge is 0.468 e. The number of aromatic amines is 1. The molecule has 0 saturated heterocycles. The van der Waals surface area contributed by atoms with Gasteiger partial charge < -0.3 is 10.5 Å². The third-order valence-electron chi connectivity index (χ3n) is 2.14. The van der Waals surface area contributed by atoms with Crippen molar-refractivity contribution in [2.45, 2.75) is 4.90 Å². The van der Waals surface area contributed by atoms with Crippen molar-refractivity contribution in [1.29, 1.82) is 0 Å². The zero-order chi connectivity index (χ0) is 11.5. The molecule has 0 bridgehead atoms. The van der Waals surface area contributed by atoms with E-state index in [-0.39, 0.29) is 11.7 Å². The summed E-state index contributed by atoms with van der Waals surface area (Å²) in [6, 6.07) is 3.71. The summed E-state index contributed by atoms with van der Waals surface area (Å²) in [5, 5.41) is 7.73. The number of anilines is 1. The number of H-pyrrole nitrogens is 1. The molecule has 0 fully saturated rings. The van der Waals surface area contributed by atoms with Crippen LogP contribution in [0, 0.1) is 0 Å². The first-order valence-electron chi connectivity index (χ1n) is 4.63. The molecule has 1 heterocycles. The lowest BCUT2D eigenvalue weighted by atomic mass is 10.2. The molecule has 0 spiro atoms. The van der Waals surface area contributed by atoms with Crippen LogP contribution >= 0.6 is 11.8 Å². The number of hydrogen-bond donors (Lipinski definition) is 2. The number of ether oxygens (including phenoxy) is 1. The van der Waals surface area contributed by atoms with E-state index >= 15 is 0 Å². The molecule has 3 N–H and O–H groups in total. The molecule has 6 heteroatoms. The van der Waals surface area contributed by atoms with Gasteiger partial charge in [0, 0.05) is 16.0 Å². The van der Waals surface area contributed by atoms with Gasteiger partial charge in [-0.25, -0.2) is 0 Å². The molecule has 0 saturated carbocycles. The standard InChI is InChI=1S/C10H11N3O2S/c1-15-10(14)5-16-9-3-8-6(2-7(9)11)4-12-13-8/h2-4H,5,11H2,1H3,(H,12,13). The van der Waals surface area contributed by atoms with Crippen LogP contribution in [0.1, 0.15) is 0 Å². The summed E-state index contributed by atoms with van der Waals surface area (Å²) < 4.78 is 4.56. The number of benzene rings is 1. The summed E-state index contributed by atoms with van der Waals surface area (Å²) >= 11 is 1.35. The van der Waals surface area contributed by atoms with Crippen LogP contribution in [-0.4, -0.2) is 29.0 Å². The minimum absolute atomic E-state index is 0.250. The molecule has 2 rings (SSSR count). The molecule has 16 heavy (non-hydrogen) atoms. The summed E-state index contributed by atoms with van der Waals surface area (Å²) in [4.78, 5) is 11.9. The molecular formula is C10H11N3O2S. The van der Waals surface area contributed by atoms with Gasteiger partial charge in [-0.3, -0.25) is 9.89 Å². The van der Waals surface area contributed by atoms with Gasteiger partial charge in [0.2, 0.25) is 0 Å². The number of rotatable bonds is 3. The van der Waals surface area contributed by atoms with E-state index in [1.54, 1.807) is 6.20 Å². The Morgan fingerprint density at radius 3 is 3.19 bits per heavy atom. The lowest BCUT2D eigenvalue weighted by Gasteiger charge is -2.04. The van der Waals surface area contributed by atoms with Crippen molar-refractivity contribution in [1.82, 2.24) is 10.2 Å². The normalized spacial score (nSPS) is 10.6. The van der Waals surface area contributed by atoms with Gasteiger partial charge in [-0.05, 0) is 12.1 Å². The van der Waals surface area contributed by atoms with Gasteiger partial charge in [0.15, 0.2) is 0 Å². The van der Waals surface area contributed by atoms with Crippen molar-refractivity contribution < 1.29 is 9.53 Å². The van der Waals surface area contributed by atoms with Crippen LogP contribution < -0.4 is 5.73 Å². The van der Waals surface area contributed by atoms with Gasteiger partial charge >= 0.3 is 5.97 Å². The fraction of sp³-hybridized carbons (Fsp3) is 0.200. The summed E-state index contributed by atoms with van der Waals surface area (Å²) in [6.45, 7) is 0. The van der Waals surface area contributed by atoms with E-state index in [1.165, 1.54) is 18.9 Å². The Kier molecular flexibility index (Phi) is 3.00. The number of hydrogen-bond acceptors (Lipinski definition) is 5. The average molecular weight is 237 g/mol. The number of aromatic nitrogens is 2. The molecule has 0 radical (unpaired) electrons. The summed E-state index contributed by atoms with van der Waals surface area (Å²) in [7, 11) is 1.37. The van der Waals surface area contributed by atoms with Gasteiger partial charge in [0.25, 0.3) is 0 Å². The molecule has 2 aromatic rings. The van der Waals surface area contributed by atoms with Crippen molar-refractivity contribution in [3.8, 4) is 0 Å². The molecule has 0 aliphatic heterocycles. The van der Waals surface area contributed by atoms with Crippen LogP contribution in [0.3, 0.4) is 0 Å². The van der Waals surface area contributed by atoms with Crippen LogP contribution in [0.25, 0.3) is 10.9 Å². The Morgan fingerprint density at radius 1 is 1.62 bits per heavy atom. The van der Waals surface area contributed by atoms with Crippen LogP contribution in [-0.2, 0) is 9.53 Å². The topological polar surface area (TPSA) is 81.0 Å². The SMILES string of the molecule is COC(=O)CSc1cc2[nH]ncc2cc1N. The lowest BCUT2D eigenvalue weighted by molar-refractivity contribution is -0.137. The number of carbonyl (C=O) groups excluding carboxylic acids is 1. The molecule has 5 nitrogen and oxygen atoms in total. The third-order valence-corrected chi connectivity index (χ3v) is 3.19. The monoisotopic (exact) mass is 237 g/mol. The van der Waals surface area contributed by atoms with Gasteiger partial charge in [-0.2, -0.15) is 5.10 Å². The van der Waals surface area contributed by atoms with E-state index in [9.17, 15) is 4.79 Å². The second-order valence-electron chi connectivity index (χ2n) is 3.21. The Balaban J connectivity index is 2.22. The second kappa shape index (κ2) is 4.44. The van der Waals surface area contributed by atoms with Crippen LogP contribution in [0.15, 0.2) is 23.2 Å². The van der Waals surface area contributed by atoms with E-state index in [1.807, 2.05) is 12.1 Å². The number of nitrogen functional groups attached to an aromatic ring is 1. The average Bonchev–Trinajstić information content (AvgIpc) is 2.72. The zero-order valence-electron chi connectivity index (χ0n) is 8.69. The fourth-order valence-corrected chi connectivity index (χ4v) is 2.13. The summed E-state index contributed by atoms with van der Waals surface area (Å²) in [6.07, 6.45) is 1.71. The maximum atomic E-state index is 11.0. The number of esters is 1. The lowest BCUT2D eigenvalue weighted by Crippen LogP contribution is -2.03. The van der Waals surface area contributed by atoms with Gasteiger partial charge in [0.05, 0.1) is 24.6 Å². The van der Waals surface area contributed by atoms with Crippen molar-refractivity contribution in [2.24, 2.45) is 0 Å². The van der Waals surface area contributed by atoms with E-state index in [0.717, 1.165) is 15.8 Å². The molecule has 0 unspecified atom stereocenters. The van der Waals surface area contributed by atoms with Crippen molar-refractivity contribution >= 4 is 34.3 Å². The number of nitrogens with one attached hydrogen (secondary N) is 1. The number of thioether (sulfide) groups is 1. The quantitative estimate of drug-likeness (QED) is 0.479. The molecule has 1 aromatic carbocycles. The highest BCUT2D eigenvalue weighted by atomic mass is 32.2. The first kappa shape index (κ1) is 10.8. The maximum Gasteiger partial charge on any atom is 0.315 e. The molecular weight excluding hydrogens is 226 g/mol. The molecule has 0 atom stereocenters. The fourth-order valence-electron chi connectivity index (χ4n) is 1.31. The van der Waals surface area contributed by atoms with Crippen LogP contribution in [0.5, 0.6) is 0 Å². The molecule has 0 aliphatic carbocycles. The molecule has 1 aromatic heterocycles. The van der Waals surface area contributed by atoms with Crippen molar-refractivity contribution in [3.05, 3.63) is 18.3 Å². The smallest absolute Gasteiger partial charge is 0.315 e. The minimum Gasteiger partial charge on any atom is -0.468 e. The first-order chi connectivity index (χ1) is 7.70. The van der Waals surface area contributed by atoms with Gasteiger partial charge in [0.1, 0.15) is 0 Å². The summed E-state index contributed by atoms with van der Waals surface area (Å²) in [5.74, 6) is -0.0190. The van der Waals surface area contributed by atoms with Crippen molar-refractivity contribution in [3.63, 3.8) is 0 Å². The Morgan fingerprint density at radius 2 is 2.44 bits per heavy atom. The molecule has 0 amide bonds. The van der Waals surface area contributed by atoms with Gasteiger partial charge in [-0.1, -0.05) is 0 Å². The highest BCUT2D eigenvalue weighted by Crippen LogP contribution is 2.28. The van der Waals surface area contributed by atoms with Crippen LogP contribution in [0.2, 0.25) is 0 Å². The number of fused-ring (bicyclic) bond motifs is 1. The predicted octanol–water partition coefficient (Wildman–Crippen LogP) is 1.41. The Bertz CT molecular complexity index is 524. The molecule has 84 valence electrons. The maximum absolute atomic E-state index is 11.0.